The van der Waals surface area contributed by atoms with E-state index in [1.807, 2.05) is 36.5 Å². The van der Waals surface area contributed by atoms with Gasteiger partial charge in [-0.3, -0.25) is 4.68 Å². The second-order valence-electron chi connectivity index (χ2n) is 3.51. The number of benzene rings is 1. The monoisotopic (exact) mass is 226 g/mol. The van der Waals surface area contributed by atoms with Gasteiger partial charge in [0.1, 0.15) is 0 Å². The molecule has 0 saturated heterocycles. The minimum Gasteiger partial charge on any atom is -0.304 e. The molecule has 1 aromatic heterocycles. The molecule has 0 aliphatic carbocycles. The molecule has 2 rings (SSSR count). The van der Waals surface area contributed by atoms with Gasteiger partial charge in [0.05, 0.1) is 19.3 Å². The molecule has 0 spiro atoms. The molecule has 2 aromatic rings. The summed E-state index contributed by atoms with van der Waals surface area (Å²) in [6.07, 6.45) is 3.52. The first-order valence-electron chi connectivity index (χ1n) is 5.54. The molecule has 1 heterocycles. The summed E-state index contributed by atoms with van der Waals surface area (Å²) < 4.78 is 1.79. The van der Waals surface area contributed by atoms with Crippen molar-refractivity contribution in [2.75, 3.05) is 13.1 Å². The second kappa shape index (κ2) is 6.46. The van der Waals surface area contributed by atoms with Crippen LogP contribution in [0.25, 0.3) is 0 Å². The molecule has 0 fully saturated rings. The predicted molar refractivity (Wildman–Crippen MR) is 66.2 cm³/mol. The summed E-state index contributed by atoms with van der Waals surface area (Å²) in [5.41, 5.74) is 1.05. The summed E-state index contributed by atoms with van der Waals surface area (Å²) in [7, 11) is 0. The number of nitrogens with zero attached hydrogens (tertiary/aromatic N) is 3. The zero-order chi connectivity index (χ0) is 11.8. The summed E-state index contributed by atoms with van der Waals surface area (Å²) in [5, 5.41) is 10.8. The molecule has 0 aliphatic rings. The van der Waals surface area contributed by atoms with Crippen molar-refractivity contribution in [1.29, 1.82) is 0 Å². The molecule has 1 aromatic carbocycles. The van der Waals surface area contributed by atoms with Crippen LogP contribution in [-0.4, -0.2) is 28.1 Å². The molecule has 4 heteroatoms. The maximum absolute atomic E-state index is 3.87. The molecule has 1 N–H and O–H groups in total. The average molecular weight is 226 g/mol. The van der Waals surface area contributed by atoms with E-state index in [1.54, 1.807) is 10.9 Å². The molecule has 17 heavy (non-hydrogen) atoms. The normalized spacial score (nSPS) is 9.65. The van der Waals surface area contributed by atoms with Crippen LogP contribution < -0.4 is 5.32 Å². The third kappa shape index (κ3) is 4.09. The Labute approximate surface area is 101 Å². The Morgan fingerprint density at radius 3 is 2.88 bits per heavy atom. The second-order valence-corrected chi connectivity index (χ2v) is 3.51. The Kier molecular flexibility index (Phi) is 4.32. The van der Waals surface area contributed by atoms with Crippen LogP contribution in [0.2, 0.25) is 0 Å². The molecule has 0 amide bonds. The van der Waals surface area contributed by atoms with Crippen molar-refractivity contribution in [2.45, 2.75) is 6.54 Å². The highest BCUT2D eigenvalue weighted by Crippen LogP contribution is 1.93. The fourth-order valence-electron chi connectivity index (χ4n) is 1.36. The Morgan fingerprint density at radius 2 is 2.12 bits per heavy atom. The highest BCUT2D eigenvalue weighted by molar-refractivity contribution is 5.33. The molecule has 4 nitrogen and oxygen atoms in total. The topological polar surface area (TPSA) is 42.7 Å². The van der Waals surface area contributed by atoms with E-state index in [1.165, 1.54) is 0 Å². The molecule has 0 bridgehead atoms. The van der Waals surface area contributed by atoms with Crippen molar-refractivity contribution < 1.29 is 0 Å². The summed E-state index contributed by atoms with van der Waals surface area (Å²) in [6.45, 7) is 2.34. The maximum atomic E-state index is 3.87. The number of rotatable bonds is 4. The predicted octanol–water partition coefficient (Wildman–Crippen LogP) is 0.919. The van der Waals surface area contributed by atoms with Crippen LogP contribution in [0.15, 0.2) is 42.7 Å². The quantitative estimate of drug-likeness (QED) is 0.622. The van der Waals surface area contributed by atoms with Gasteiger partial charge in [-0.25, -0.2) is 0 Å². The van der Waals surface area contributed by atoms with Gasteiger partial charge in [-0.1, -0.05) is 35.3 Å². The lowest BCUT2D eigenvalue weighted by atomic mass is 10.2. The third-order valence-electron chi connectivity index (χ3n) is 2.21. The van der Waals surface area contributed by atoms with E-state index in [4.69, 9.17) is 0 Å². The summed E-state index contributed by atoms with van der Waals surface area (Å²) >= 11 is 0. The van der Waals surface area contributed by atoms with Crippen LogP contribution in [0.1, 0.15) is 5.56 Å². The molecular weight excluding hydrogens is 212 g/mol. The molecule has 0 atom stereocenters. The Morgan fingerprint density at radius 1 is 1.24 bits per heavy atom. The SMILES string of the molecule is C(#Cc1ccccc1)CNCCn1ccnn1. The number of hydrogen-bond donors (Lipinski definition) is 1. The zero-order valence-electron chi connectivity index (χ0n) is 9.50. The number of hydrogen-bond acceptors (Lipinski definition) is 3. The van der Waals surface area contributed by atoms with Gasteiger partial charge >= 0.3 is 0 Å². The average Bonchev–Trinajstić information content (AvgIpc) is 2.88. The zero-order valence-corrected chi connectivity index (χ0v) is 9.50. The molecule has 0 unspecified atom stereocenters. The lowest BCUT2D eigenvalue weighted by molar-refractivity contribution is 0.557. The van der Waals surface area contributed by atoms with E-state index in [2.05, 4.69) is 27.5 Å². The van der Waals surface area contributed by atoms with Gasteiger partial charge in [-0.05, 0) is 12.1 Å². The van der Waals surface area contributed by atoms with Crippen LogP contribution >= 0.6 is 0 Å². The Hall–Kier alpha value is -2.12. The lowest BCUT2D eigenvalue weighted by Gasteiger charge is -1.99. The fraction of sp³-hybridized carbons (Fsp3) is 0.231. The van der Waals surface area contributed by atoms with Crippen LogP contribution in [0.5, 0.6) is 0 Å². The van der Waals surface area contributed by atoms with Gasteiger partial charge in [0.25, 0.3) is 0 Å². The fourth-order valence-corrected chi connectivity index (χ4v) is 1.36. The van der Waals surface area contributed by atoms with Gasteiger partial charge in [-0.2, -0.15) is 0 Å². The maximum Gasteiger partial charge on any atom is 0.0692 e. The molecular formula is C13H14N4. The highest BCUT2D eigenvalue weighted by Gasteiger charge is 1.89. The lowest BCUT2D eigenvalue weighted by Crippen LogP contribution is -2.20. The van der Waals surface area contributed by atoms with Gasteiger partial charge in [0.15, 0.2) is 0 Å². The van der Waals surface area contributed by atoms with Crippen molar-refractivity contribution in [3.8, 4) is 11.8 Å². The van der Waals surface area contributed by atoms with E-state index in [0.29, 0.717) is 6.54 Å². The van der Waals surface area contributed by atoms with E-state index in [0.717, 1.165) is 18.7 Å². The van der Waals surface area contributed by atoms with E-state index >= 15 is 0 Å². The number of nitrogens with one attached hydrogen (secondary N) is 1. The van der Waals surface area contributed by atoms with Crippen LogP contribution in [0.4, 0.5) is 0 Å². The molecule has 0 radical (unpaired) electrons. The van der Waals surface area contributed by atoms with E-state index < -0.39 is 0 Å². The van der Waals surface area contributed by atoms with Crippen LogP contribution in [0, 0.1) is 11.8 Å². The molecule has 0 saturated carbocycles. The molecule has 86 valence electrons. The highest BCUT2D eigenvalue weighted by atomic mass is 15.4. The smallest absolute Gasteiger partial charge is 0.0692 e. The van der Waals surface area contributed by atoms with Gasteiger partial charge in [0.2, 0.25) is 0 Å². The van der Waals surface area contributed by atoms with Crippen molar-refractivity contribution in [2.24, 2.45) is 0 Å². The summed E-state index contributed by atoms with van der Waals surface area (Å²) in [6, 6.07) is 9.97. The Bertz CT molecular complexity index is 479. The van der Waals surface area contributed by atoms with Gasteiger partial charge in [-0.15, -0.1) is 5.10 Å². The standard InChI is InChI=1S/C13H14N4/c1-2-5-13(6-3-1)7-4-8-14-9-11-17-12-10-15-16-17/h1-3,5-6,10,12,14H,8-9,11H2. The van der Waals surface area contributed by atoms with Crippen LogP contribution in [-0.2, 0) is 6.54 Å². The van der Waals surface area contributed by atoms with Crippen molar-refractivity contribution in [3.63, 3.8) is 0 Å². The minimum absolute atomic E-state index is 0.684. The van der Waals surface area contributed by atoms with Crippen molar-refractivity contribution in [3.05, 3.63) is 48.3 Å². The van der Waals surface area contributed by atoms with Crippen molar-refractivity contribution in [1.82, 2.24) is 20.3 Å². The molecule has 0 aliphatic heterocycles. The first kappa shape index (κ1) is 11.4. The van der Waals surface area contributed by atoms with Gasteiger partial charge < -0.3 is 5.32 Å². The van der Waals surface area contributed by atoms with Crippen LogP contribution in [0.3, 0.4) is 0 Å². The first-order valence-corrected chi connectivity index (χ1v) is 5.54. The van der Waals surface area contributed by atoms with E-state index in [-0.39, 0.29) is 0 Å². The van der Waals surface area contributed by atoms with E-state index in [9.17, 15) is 0 Å². The largest absolute Gasteiger partial charge is 0.304 e. The Balaban J connectivity index is 1.65. The third-order valence-corrected chi connectivity index (χ3v) is 2.21. The summed E-state index contributed by atoms with van der Waals surface area (Å²) in [5.74, 6) is 6.17. The van der Waals surface area contributed by atoms with Crippen molar-refractivity contribution >= 4 is 0 Å². The summed E-state index contributed by atoms with van der Waals surface area (Å²) in [4.78, 5) is 0. The minimum atomic E-state index is 0.684. The number of aromatic nitrogens is 3. The first-order chi connectivity index (χ1) is 8.45. The van der Waals surface area contributed by atoms with Gasteiger partial charge in [0, 0.05) is 18.3 Å².